The number of carbonyl (C=O) groups is 2. The van der Waals surface area contributed by atoms with E-state index >= 15 is 0 Å². The van der Waals surface area contributed by atoms with Gasteiger partial charge < -0.3 is 14.7 Å². The van der Waals surface area contributed by atoms with Gasteiger partial charge in [0.1, 0.15) is 6.54 Å². The number of likely N-dealkylation sites (N-methyl/N-ethyl adjacent to an activating group) is 1. The van der Waals surface area contributed by atoms with Gasteiger partial charge in [-0.15, -0.1) is 0 Å². The lowest BCUT2D eigenvalue weighted by Gasteiger charge is -2.42. The van der Waals surface area contributed by atoms with Gasteiger partial charge in [0.2, 0.25) is 5.91 Å². The molecule has 1 saturated carbocycles. The molecule has 0 aliphatic heterocycles. The standard InChI is InChI=1S/C12H21NO4/c1-3-17-8-7-12(5-4-6-12)11(16)13(2)9-10(14)15/h3-9H2,1-2H3,(H,14,15). The van der Waals surface area contributed by atoms with Gasteiger partial charge in [0, 0.05) is 20.3 Å². The van der Waals surface area contributed by atoms with E-state index in [1.54, 1.807) is 7.05 Å². The van der Waals surface area contributed by atoms with Crippen LogP contribution in [0.15, 0.2) is 0 Å². The van der Waals surface area contributed by atoms with Crippen molar-refractivity contribution in [1.82, 2.24) is 4.90 Å². The number of carboxylic acid groups (broad SMARTS) is 1. The smallest absolute Gasteiger partial charge is 0.323 e. The zero-order valence-electron chi connectivity index (χ0n) is 10.6. The van der Waals surface area contributed by atoms with Crippen LogP contribution in [0.5, 0.6) is 0 Å². The number of nitrogens with zero attached hydrogens (tertiary/aromatic N) is 1. The molecule has 0 spiro atoms. The second kappa shape index (κ2) is 6.00. The summed E-state index contributed by atoms with van der Waals surface area (Å²) >= 11 is 0. The molecule has 0 atom stereocenters. The molecule has 0 radical (unpaired) electrons. The van der Waals surface area contributed by atoms with Crippen LogP contribution in [-0.2, 0) is 14.3 Å². The zero-order valence-corrected chi connectivity index (χ0v) is 10.6. The van der Waals surface area contributed by atoms with Crippen LogP contribution in [0, 0.1) is 5.41 Å². The minimum Gasteiger partial charge on any atom is -0.480 e. The highest BCUT2D eigenvalue weighted by Gasteiger charge is 2.45. The van der Waals surface area contributed by atoms with Crippen molar-refractivity contribution in [3.05, 3.63) is 0 Å². The number of aliphatic carboxylic acids is 1. The maximum absolute atomic E-state index is 12.2. The first-order valence-corrected chi connectivity index (χ1v) is 6.07. The lowest BCUT2D eigenvalue weighted by atomic mass is 9.66. The second-order valence-electron chi connectivity index (χ2n) is 4.64. The molecule has 1 N–H and O–H groups in total. The molecule has 1 aliphatic carbocycles. The SMILES string of the molecule is CCOCCC1(C(=O)N(C)CC(=O)O)CCC1. The van der Waals surface area contributed by atoms with Crippen LogP contribution in [0.2, 0.25) is 0 Å². The summed E-state index contributed by atoms with van der Waals surface area (Å²) in [4.78, 5) is 24.1. The van der Waals surface area contributed by atoms with Gasteiger partial charge in [0.15, 0.2) is 0 Å². The molecule has 17 heavy (non-hydrogen) atoms. The highest BCUT2D eigenvalue weighted by atomic mass is 16.5. The lowest BCUT2D eigenvalue weighted by Crippen LogP contribution is -2.48. The van der Waals surface area contributed by atoms with Gasteiger partial charge >= 0.3 is 5.97 Å². The van der Waals surface area contributed by atoms with Crippen LogP contribution < -0.4 is 0 Å². The van der Waals surface area contributed by atoms with E-state index < -0.39 is 5.97 Å². The molecule has 1 aliphatic rings. The largest absolute Gasteiger partial charge is 0.480 e. The number of hydrogen-bond donors (Lipinski definition) is 1. The van der Waals surface area contributed by atoms with Crippen molar-refractivity contribution in [3.63, 3.8) is 0 Å². The lowest BCUT2D eigenvalue weighted by molar-refractivity contribution is -0.153. The Labute approximate surface area is 102 Å². The number of carboxylic acids is 1. The Balaban J connectivity index is 2.53. The summed E-state index contributed by atoms with van der Waals surface area (Å²) in [6.07, 6.45) is 3.44. The highest BCUT2D eigenvalue weighted by molar-refractivity contribution is 5.86. The number of ether oxygens (including phenoxy) is 1. The van der Waals surface area contributed by atoms with Gasteiger partial charge in [-0.2, -0.15) is 0 Å². The van der Waals surface area contributed by atoms with Crippen molar-refractivity contribution in [2.24, 2.45) is 5.41 Å². The van der Waals surface area contributed by atoms with Crippen molar-refractivity contribution < 1.29 is 19.4 Å². The molecule has 5 heteroatoms. The summed E-state index contributed by atoms with van der Waals surface area (Å²) in [5, 5.41) is 8.68. The van der Waals surface area contributed by atoms with Crippen molar-refractivity contribution in [1.29, 1.82) is 0 Å². The third kappa shape index (κ3) is 3.43. The zero-order chi connectivity index (χ0) is 12.9. The molecule has 0 heterocycles. The Morgan fingerprint density at radius 2 is 2.06 bits per heavy atom. The average Bonchev–Trinajstić information content (AvgIpc) is 2.20. The van der Waals surface area contributed by atoms with Gasteiger partial charge in [-0.05, 0) is 26.2 Å². The van der Waals surface area contributed by atoms with E-state index in [2.05, 4.69) is 0 Å². The summed E-state index contributed by atoms with van der Waals surface area (Å²) < 4.78 is 5.29. The minimum atomic E-state index is -0.972. The predicted octanol–water partition coefficient (Wildman–Crippen LogP) is 1.13. The molecule has 98 valence electrons. The molecule has 0 aromatic rings. The molecule has 0 aromatic heterocycles. The molecule has 0 aromatic carbocycles. The maximum Gasteiger partial charge on any atom is 0.323 e. The van der Waals surface area contributed by atoms with Gasteiger partial charge in [-0.3, -0.25) is 9.59 Å². The molecule has 0 bridgehead atoms. The van der Waals surface area contributed by atoms with E-state index in [1.807, 2.05) is 6.92 Å². The van der Waals surface area contributed by atoms with Crippen LogP contribution in [-0.4, -0.2) is 48.7 Å². The molecule has 5 nitrogen and oxygen atoms in total. The number of amides is 1. The molecule has 0 unspecified atom stereocenters. The van der Waals surface area contributed by atoms with E-state index in [0.29, 0.717) is 19.6 Å². The van der Waals surface area contributed by atoms with Gasteiger partial charge in [0.25, 0.3) is 0 Å². The third-order valence-corrected chi connectivity index (χ3v) is 3.41. The fourth-order valence-corrected chi connectivity index (χ4v) is 2.27. The van der Waals surface area contributed by atoms with Gasteiger partial charge in [-0.1, -0.05) is 6.42 Å². The number of carbonyl (C=O) groups excluding carboxylic acids is 1. The average molecular weight is 243 g/mol. The fourth-order valence-electron chi connectivity index (χ4n) is 2.27. The van der Waals surface area contributed by atoms with Crippen molar-refractivity contribution in [2.75, 3.05) is 26.8 Å². The van der Waals surface area contributed by atoms with Crippen molar-refractivity contribution in [3.8, 4) is 0 Å². The van der Waals surface area contributed by atoms with E-state index in [-0.39, 0.29) is 17.9 Å². The molecule has 1 rings (SSSR count). The first-order valence-electron chi connectivity index (χ1n) is 6.07. The Morgan fingerprint density at radius 3 is 2.47 bits per heavy atom. The van der Waals surface area contributed by atoms with Gasteiger partial charge in [0.05, 0.1) is 5.41 Å². The van der Waals surface area contributed by atoms with Crippen LogP contribution in [0.25, 0.3) is 0 Å². The minimum absolute atomic E-state index is 0.0501. The van der Waals surface area contributed by atoms with Crippen LogP contribution in [0.1, 0.15) is 32.6 Å². The summed E-state index contributed by atoms with van der Waals surface area (Å²) in [6, 6.07) is 0. The first kappa shape index (κ1) is 14.0. The Kier molecular flexibility index (Phi) is 4.93. The van der Waals surface area contributed by atoms with Crippen LogP contribution in [0.3, 0.4) is 0 Å². The monoisotopic (exact) mass is 243 g/mol. The molecular formula is C12H21NO4. The summed E-state index contributed by atoms with van der Waals surface area (Å²) in [5.74, 6) is -1.02. The van der Waals surface area contributed by atoms with E-state index in [9.17, 15) is 9.59 Å². The Hall–Kier alpha value is -1.10. The topological polar surface area (TPSA) is 66.8 Å². The maximum atomic E-state index is 12.2. The predicted molar refractivity (Wildman–Crippen MR) is 62.7 cm³/mol. The van der Waals surface area contributed by atoms with E-state index in [0.717, 1.165) is 19.3 Å². The molecule has 1 fully saturated rings. The van der Waals surface area contributed by atoms with Crippen LogP contribution in [0.4, 0.5) is 0 Å². The van der Waals surface area contributed by atoms with E-state index in [1.165, 1.54) is 4.90 Å². The summed E-state index contributed by atoms with van der Waals surface area (Å²) in [7, 11) is 1.55. The normalized spacial score (nSPS) is 17.3. The fraction of sp³-hybridized carbons (Fsp3) is 0.833. The van der Waals surface area contributed by atoms with Crippen LogP contribution >= 0.6 is 0 Å². The molecule has 0 saturated heterocycles. The van der Waals surface area contributed by atoms with E-state index in [4.69, 9.17) is 9.84 Å². The quantitative estimate of drug-likeness (QED) is 0.681. The summed E-state index contributed by atoms with van der Waals surface area (Å²) in [6.45, 7) is 2.92. The van der Waals surface area contributed by atoms with Crippen molar-refractivity contribution in [2.45, 2.75) is 32.6 Å². The molecular weight excluding hydrogens is 222 g/mol. The second-order valence-corrected chi connectivity index (χ2v) is 4.64. The van der Waals surface area contributed by atoms with Crippen molar-refractivity contribution >= 4 is 11.9 Å². The third-order valence-electron chi connectivity index (χ3n) is 3.41. The Morgan fingerprint density at radius 1 is 1.41 bits per heavy atom. The summed E-state index contributed by atoms with van der Waals surface area (Å²) in [5.41, 5.74) is -0.362. The number of hydrogen-bond acceptors (Lipinski definition) is 3. The first-order chi connectivity index (χ1) is 8.02. The van der Waals surface area contributed by atoms with Gasteiger partial charge in [-0.25, -0.2) is 0 Å². The molecule has 1 amide bonds. The Bertz CT molecular complexity index is 286. The highest BCUT2D eigenvalue weighted by Crippen LogP contribution is 2.45. The number of rotatable bonds is 7.